The maximum Gasteiger partial charge on any atom is 0.416 e. The molecule has 1 aromatic carbocycles. The number of ether oxygens (including phenoxy) is 2. The Morgan fingerprint density at radius 2 is 1.94 bits per heavy atom. The summed E-state index contributed by atoms with van der Waals surface area (Å²) in [6.07, 6.45) is -3.67. The Morgan fingerprint density at radius 3 is 2.56 bits per heavy atom. The maximum absolute atomic E-state index is 13.8. The van der Waals surface area contributed by atoms with Gasteiger partial charge in [0.05, 0.1) is 28.7 Å². The van der Waals surface area contributed by atoms with E-state index < -0.39 is 23.4 Å². The van der Waals surface area contributed by atoms with Crippen LogP contribution in [-0.4, -0.2) is 45.1 Å². The van der Waals surface area contributed by atoms with Crippen molar-refractivity contribution >= 4 is 10.9 Å². The van der Waals surface area contributed by atoms with Crippen molar-refractivity contribution in [2.75, 3.05) is 13.1 Å². The van der Waals surface area contributed by atoms with Crippen LogP contribution in [0.3, 0.4) is 0 Å². The van der Waals surface area contributed by atoms with E-state index in [0.29, 0.717) is 6.54 Å². The molecule has 1 aliphatic rings. The molecule has 0 amide bonds. The summed E-state index contributed by atoms with van der Waals surface area (Å²) in [7, 11) is 0. The van der Waals surface area contributed by atoms with Crippen molar-refractivity contribution < 1.29 is 22.6 Å². The van der Waals surface area contributed by atoms with E-state index in [1.54, 1.807) is 12.3 Å². The summed E-state index contributed by atoms with van der Waals surface area (Å²) < 4.78 is 52.9. The number of nitrogens with zero attached hydrogens (tertiary/aromatic N) is 3. The Labute approximate surface area is 194 Å². The van der Waals surface area contributed by atoms with E-state index in [2.05, 4.69) is 19.9 Å². The highest BCUT2D eigenvalue weighted by Crippen LogP contribution is 2.37. The molecule has 1 N–H and O–H groups in total. The predicted molar refractivity (Wildman–Crippen MR) is 121 cm³/mol. The lowest BCUT2D eigenvalue weighted by Gasteiger charge is -2.35. The minimum Gasteiger partial charge on any atom is -0.470 e. The molecule has 0 bridgehead atoms. The van der Waals surface area contributed by atoms with Gasteiger partial charge in [0.15, 0.2) is 0 Å². The van der Waals surface area contributed by atoms with Crippen LogP contribution in [0.1, 0.15) is 49.4 Å². The lowest BCUT2D eigenvalue weighted by Crippen LogP contribution is -2.44. The van der Waals surface area contributed by atoms with Crippen LogP contribution in [0.15, 0.2) is 35.3 Å². The van der Waals surface area contributed by atoms with Crippen molar-refractivity contribution in [3.8, 4) is 5.88 Å². The Bertz CT molecular complexity index is 1220. The van der Waals surface area contributed by atoms with Gasteiger partial charge < -0.3 is 14.5 Å². The van der Waals surface area contributed by atoms with Gasteiger partial charge in [-0.25, -0.2) is 9.97 Å². The van der Waals surface area contributed by atoms with E-state index >= 15 is 0 Å². The number of benzene rings is 1. The molecule has 3 heterocycles. The zero-order chi connectivity index (χ0) is 24.6. The van der Waals surface area contributed by atoms with Crippen LogP contribution < -0.4 is 10.3 Å². The van der Waals surface area contributed by atoms with Gasteiger partial charge >= 0.3 is 6.18 Å². The molecule has 0 radical (unpaired) electrons. The highest BCUT2D eigenvalue weighted by Gasteiger charge is 2.36. The van der Waals surface area contributed by atoms with Crippen molar-refractivity contribution in [3.05, 3.63) is 63.3 Å². The summed E-state index contributed by atoms with van der Waals surface area (Å²) in [6.45, 7) is 9.41. The van der Waals surface area contributed by atoms with E-state index in [-0.39, 0.29) is 40.4 Å². The zero-order valence-electron chi connectivity index (χ0n) is 19.4. The number of pyridine rings is 1. The average Bonchev–Trinajstić information content (AvgIpc) is 2.73. The first kappa shape index (κ1) is 24.2. The third-order valence-corrected chi connectivity index (χ3v) is 5.73. The Kier molecular flexibility index (Phi) is 6.64. The second-order valence-electron chi connectivity index (χ2n) is 8.82. The van der Waals surface area contributed by atoms with Gasteiger partial charge in [0.1, 0.15) is 11.9 Å². The smallest absolute Gasteiger partial charge is 0.416 e. The molecular formula is C24H27F3N4O3. The van der Waals surface area contributed by atoms with Crippen LogP contribution in [0.25, 0.3) is 10.9 Å². The highest BCUT2D eigenvalue weighted by atomic mass is 19.4. The maximum atomic E-state index is 13.8. The van der Waals surface area contributed by atoms with Gasteiger partial charge in [0, 0.05) is 37.5 Å². The van der Waals surface area contributed by atoms with Crippen molar-refractivity contribution in [2.24, 2.45) is 0 Å². The molecule has 7 nitrogen and oxygen atoms in total. The highest BCUT2D eigenvalue weighted by molar-refractivity contribution is 5.79. The molecule has 3 unspecified atom stereocenters. The summed E-state index contributed by atoms with van der Waals surface area (Å²) in [5, 5.41) is 0.0707. The van der Waals surface area contributed by atoms with Crippen molar-refractivity contribution in [1.82, 2.24) is 19.9 Å². The lowest BCUT2D eigenvalue weighted by atomic mass is 10.00. The van der Waals surface area contributed by atoms with E-state index in [1.807, 2.05) is 19.9 Å². The second-order valence-corrected chi connectivity index (χ2v) is 8.82. The number of halogens is 3. The summed E-state index contributed by atoms with van der Waals surface area (Å²) >= 11 is 0. The van der Waals surface area contributed by atoms with Gasteiger partial charge in [-0.3, -0.25) is 9.69 Å². The Balaban J connectivity index is 1.55. The third-order valence-electron chi connectivity index (χ3n) is 5.73. The van der Waals surface area contributed by atoms with Crippen LogP contribution >= 0.6 is 0 Å². The van der Waals surface area contributed by atoms with E-state index in [9.17, 15) is 18.0 Å². The molecule has 182 valence electrons. The number of aromatic amines is 1. The van der Waals surface area contributed by atoms with E-state index in [0.717, 1.165) is 24.7 Å². The van der Waals surface area contributed by atoms with Crippen LogP contribution in [0.5, 0.6) is 5.88 Å². The van der Waals surface area contributed by atoms with Crippen LogP contribution in [0.2, 0.25) is 0 Å². The van der Waals surface area contributed by atoms with Crippen LogP contribution in [0, 0.1) is 6.92 Å². The number of aromatic nitrogens is 3. The predicted octanol–water partition coefficient (Wildman–Crippen LogP) is 4.39. The fourth-order valence-corrected chi connectivity index (χ4v) is 4.39. The summed E-state index contributed by atoms with van der Waals surface area (Å²) in [4.78, 5) is 25.4. The standard InChI is InChI=1S/C24H27F3N4O3/c1-13-10-31(11-14(2)33-13)12-17-5-6-22(28-9-17)34-15(3)18-7-19-21(8-20(18)24(25,26)27)29-16(4)30-23(19)32/h5-9,13-15H,10-12H2,1-4H3,(H,29,30,32). The molecule has 1 fully saturated rings. The fourth-order valence-electron chi connectivity index (χ4n) is 4.39. The number of morpholine rings is 1. The largest absolute Gasteiger partial charge is 0.470 e. The molecule has 0 aliphatic carbocycles. The molecule has 3 atom stereocenters. The van der Waals surface area contributed by atoms with Gasteiger partial charge in [-0.1, -0.05) is 6.07 Å². The fraction of sp³-hybridized carbons (Fsp3) is 0.458. The number of hydrogen-bond acceptors (Lipinski definition) is 6. The SMILES string of the molecule is Cc1nc2cc(C(F)(F)F)c(C(C)Oc3ccc(CN4CC(C)OC(C)C4)cn3)cc2c(=O)[nH]1. The topological polar surface area (TPSA) is 80.3 Å². The molecule has 10 heteroatoms. The quantitative estimate of drug-likeness (QED) is 0.588. The second kappa shape index (κ2) is 9.34. The summed E-state index contributed by atoms with van der Waals surface area (Å²) in [6, 6.07) is 5.59. The summed E-state index contributed by atoms with van der Waals surface area (Å²) in [5.41, 5.74) is -0.593. The first-order valence-electron chi connectivity index (χ1n) is 11.1. The number of alkyl halides is 3. The first-order valence-corrected chi connectivity index (χ1v) is 11.1. The number of aryl methyl sites for hydroxylation is 1. The van der Waals surface area contributed by atoms with Crippen LogP contribution in [-0.2, 0) is 17.5 Å². The molecule has 3 aromatic rings. The number of rotatable bonds is 5. The monoisotopic (exact) mass is 476 g/mol. The molecular weight excluding hydrogens is 449 g/mol. The van der Waals surface area contributed by atoms with Crippen LogP contribution in [0.4, 0.5) is 13.2 Å². The third kappa shape index (κ3) is 5.39. The van der Waals surface area contributed by atoms with Gasteiger partial charge in [-0.2, -0.15) is 13.2 Å². The molecule has 1 saturated heterocycles. The number of nitrogens with one attached hydrogen (secondary N) is 1. The molecule has 2 aromatic heterocycles. The molecule has 34 heavy (non-hydrogen) atoms. The zero-order valence-corrected chi connectivity index (χ0v) is 19.4. The van der Waals surface area contributed by atoms with Gasteiger partial charge in [0.25, 0.3) is 5.56 Å². The molecule has 0 saturated carbocycles. The normalized spacial score (nSPS) is 20.4. The molecule has 0 spiro atoms. The van der Waals surface area contributed by atoms with E-state index in [1.165, 1.54) is 19.9 Å². The lowest BCUT2D eigenvalue weighted by molar-refractivity contribution is -0.138. The van der Waals surface area contributed by atoms with Crippen molar-refractivity contribution in [2.45, 2.75) is 58.7 Å². The van der Waals surface area contributed by atoms with Crippen molar-refractivity contribution in [3.63, 3.8) is 0 Å². The number of H-pyrrole nitrogens is 1. The summed E-state index contributed by atoms with van der Waals surface area (Å²) in [5.74, 6) is 0.442. The number of fused-ring (bicyclic) bond motifs is 1. The average molecular weight is 476 g/mol. The number of hydrogen-bond donors (Lipinski definition) is 1. The Hall–Kier alpha value is -2.98. The first-order chi connectivity index (χ1) is 16.0. The van der Waals surface area contributed by atoms with Gasteiger partial charge in [0.2, 0.25) is 5.88 Å². The Morgan fingerprint density at radius 1 is 1.24 bits per heavy atom. The van der Waals surface area contributed by atoms with E-state index in [4.69, 9.17) is 9.47 Å². The van der Waals surface area contributed by atoms with Crippen molar-refractivity contribution in [1.29, 1.82) is 0 Å². The minimum atomic E-state index is -4.64. The molecule has 4 rings (SSSR count). The molecule has 1 aliphatic heterocycles. The van der Waals surface area contributed by atoms with Gasteiger partial charge in [-0.05, 0) is 45.4 Å². The van der Waals surface area contributed by atoms with Gasteiger partial charge in [-0.15, -0.1) is 0 Å². The minimum absolute atomic E-state index is 0.0150.